The number of halogens is 3. The molecule has 3 aromatic rings. The van der Waals surface area contributed by atoms with Crippen LogP contribution in [0.5, 0.6) is 0 Å². The van der Waals surface area contributed by atoms with Crippen molar-refractivity contribution in [1.29, 1.82) is 5.26 Å². The van der Waals surface area contributed by atoms with Gasteiger partial charge < -0.3 is 10.5 Å². The van der Waals surface area contributed by atoms with Gasteiger partial charge in [-0.15, -0.1) is 0 Å². The van der Waals surface area contributed by atoms with Crippen molar-refractivity contribution in [2.45, 2.75) is 18.6 Å². The minimum atomic E-state index is -4.58. The Morgan fingerprint density at radius 1 is 0.972 bits per heavy atom. The van der Waals surface area contributed by atoms with Crippen LogP contribution in [0, 0.1) is 11.3 Å². The van der Waals surface area contributed by atoms with Crippen LogP contribution in [-0.4, -0.2) is 8.42 Å². The second-order valence-electron chi connectivity index (χ2n) is 8.25. The molecule has 0 amide bonds. The molecule has 2 aliphatic heterocycles. The van der Waals surface area contributed by atoms with E-state index in [1.165, 1.54) is 4.31 Å². The average molecular weight is 510 g/mol. The van der Waals surface area contributed by atoms with Gasteiger partial charge in [-0.2, -0.15) is 18.4 Å². The number of anilines is 1. The molecule has 6 nitrogen and oxygen atoms in total. The number of ether oxygens (including phenoxy) is 1. The molecular weight excluding hydrogens is 491 g/mol. The van der Waals surface area contributed by atoms with E-state index in [4.69, 9.17) is 10.5 Å². The Balaban J connectivity index is 1.73. The van der Waals surface area contributed by atoms with Crippen LogP contribution >= 0.6 is 0 Å². The number of nitrogens with zero attached hydrogens (tertiary/aromatic N) is 2. The Kier molecular flexibility index (Phi) is 5.53. The fraction of sp³-hybridized carbons (Fsp3) is 0.115. The molecular formula is C26H18F3N3O3S. The molecule has 0 saturated heterocycles. The quantitative estimate of drug-likeness (QED) is 0.522. The normalized spacial score (nSPS) is 18.7. The van der Waals surface area contributed by atoms with E-state index in [0.717, 1.165) is 29.8 Å². The van der Waals surface area contributed by atoms with Crippen LogP contribution in [-0.2, 0) is 27.5 Å². The summed E-state index contributed by atoms with van der Waals surface area (Å²) in [5.41, 5.74) is 6.63. The van der Waals surface area contributed by atoms with Gasteiger partial charge in [-0.3, -0.25) is 4.31 Å². The number of sulfonamides is 1. The first-order chi connectivity index (χ1) is 17.1. The molecule has 2 heterocycles. The van der Waals surface area contributed by atoms with Crippen LogP contribution in [0.2, 0.25) is 0 Å². The second kappa shape index (κ2) is 8.46. The third kappa shape index (κ3) is 3.78. The fourth-order valence-electron chi connectivity index (χ4n) is 4.43. The third-order valence-electron chi connectivity index (χ3n) is 6.10. The second-order valence-corrected chi connectivity index (χ2v) is 10.1. The van der Waals surface area contributed by atoms with Crippen molar-refractivity contribution in [3.8, 4) is 6.07 Å². The highest BCUT2D eigenvalue weighted by Gasteiger charge is 2.47. The molecule has 36 heavy (non-hydrogen) atoms. The third-order valence-corrected chi connectivity index (χ3v) is 7.98. The molecule has 0 fully saturated rings. The molecule has 0 spiro atoms. The summed E-state index contributed by atoms with van der Waals surface area (Å²) in [6, 6.07) is 21.6. The lowest BCUT2D eigenvalue weighted by atomic mass is 9.88. The maximum Gasteiger partial charge on any atom is 0.416 e. The summed E-state index contributed by atoms with van der Waals surface area (Å²) >= 11 is 0. The van der Waals surface area contributed by atoms with Gasteiger partial charge in [0.1, 0.15) is 16.5 Å². The minimum absolute atomic E-state index is 0.00220. The molecule has 0 saturated carbocycles. The zero-order valence-electron chi connectivity index (χ0n) is 18.5. The van der Waals surface area contributed by atoms with Crippen molar-refractivity contribution < 1.29 is 26.3 Å². The molecule has 182 valence electrons. The number of alkyl halides is 3. The first kappa shape index (κ1) is 23.5. The molecule has 3 aromatic carbocycles. The van der Waals surface area contributed by atoms with E-state index < -0.39 is 27.7 Å². The molecule has 5 rings (SSSR count). The van der Waals surface area contributed by atoms with Crippen molar-refractivity contribution >= 4 is 21.5 Å². The highest BCUT2D eigenvalue weighted by molar-refractivity contribution is 7.96. The molecule has 0 bridgehead atoms. The summed E-state index contributed by atoms with van der Waals surface area (Å²) in [6.45, 7) is -0.00220. The molecule has 0 radical (unpaired) electrons. The average Bonchev–Trinajstić information content (AvgIpc) is 2.86. The Hall–Kier alpha value is -4.23. The lowest BCUT2D eigenvalue weighted by Crippen LogP contribution is -2.39. The predicted octanol–water partition coefficient (Wildman–Crippen LogP) is 5.23. The number of hydrogen-bond acceptors (Lipinski definition) is 5. The first-order valence-corrected chi connectivity index (χ1v) is 12.2. The highest BCUT2D eigenvalue weighted by Crippen LogP contribution is 2.51. The zero-order chi connectivity index (χ0) is 25.7. The van der Waals surface area contributed by atoms with Gasteiger partial charge in [-0.1, -0.05) is 54.6 Å². The van der Waals surface area contributed by atoms with Gasteiger partial charge in [0, 0.05) is 5.56 Å². The van der Waals surface area contributed by atoms with Gasteiger partial charge in [-0.05, 0) is 35.4 Å². The minimum Gasteiger partial charge on any atom is -0.439 e. The van der Waals surface area contributed by atoms with E-state index in [1.54, 1.807) is 48.5 Å². The van der Waals surface area contributed by atoms with Crippen LogP contribution < -0.4 is 10.0 Å². The van der Waals surface area contributed by atoms with E-state index in [2.05, 4.69) is 0 Å². The maximum atomic E-state index is 14.1. The summed E-state index contributed by atoms with van der Waals surface area (Å²) in [5.74, 6) is -1.60. The Morgan fingerprint density at radius 3 is 2.25 bits per heavy atom. The van der Waals surface area contributed by atoms with Gasteiger partial charge in [-0.25, -0.2) is 8.42 Å². The summed E-state index contributed by atoms with van der Waals surface area (Å²) in [7, 11) is -4.31. The molecule has 1 atom stereocenters. The van der Waals surface area contributed by atoms with Gasteiger partial charge in [0.2, 0.25) is 5.88 Å². The van der Waals surface area contributed by atoms with Crippen LogP contribution in [0.3, 0.4) is 0 Å². The van der Waals surface area contributed by atoms with Crippen molar-refractivity contribution in [2.75, 3.05) is 4.31 Å². The number of hydrogen-bond donors (Lipinski definition) is 1. The van der Waals surface area contributed by atoms with Gasteiger partial charge >= 0.3 is 6.18 Å². The van der Waals surface area contributed by atoms with Crippen molar-refractivity contribution in [1.82, 2.24) is 0 Å². The molecule has 2 N–H and O–H groups in total. The standard InChI is InChI=1S/C26H18F3N3O3S/c27-26(28,29)18-12-10-17(11-13-18)22-20(14-30)25(31)35-23-19-8-4-5-9-21(19)32(36(33,34)24(22)23)15-16-6-2-1-3-7-16/h1-13,22H,15,31H2. The number of allylic oxidation sites excluding steroid dienone is 2. The fourth-order valence-corrected chi connectivity index (χ4v) is 6.34. The number of nitriles is 1. The Labute approximate surface area is 205 Å². The SMILES string of the molecule is N#CC1=C(N)OC2=C(C1c1ccc(C(F)(F)F)cc1)S(=O)(=O)N(Cc1ccccc1)c1ccccc12. The van der Waals surface area contributed by atoms with Gasteiger partial charge in [0.25, 0.3) is 10.0 Å². The molecule has 2 aliphatic rings. The van der Waals surface area contributed by atoms with Crippen LogP contribution in [0.1, 0.15) is 28.2 Å². The molecule has 1 unspecified atom stereocenters. The zero-order valence-corrected chi connectivity index (χ0v) is 19.3. The smallest absolute Gasteiger partial charge is 0.416 e. The van der Waals surface area contributed by atoms with Crippen molar-refractivity contribution in [3.05, 3.63) is 117 Å². The Bertz CT molecular complexity index is 1560. The topological polar surface area (TPSA) is 96.4 Å². The van der Waals surface area contributed by atoms with E-state index >= 15 is 0 Å². The van der Waals surface area contributed by atoms with Crippen LogP contribution in [0.25, 0.3) is 5.76 Å². The van der Waals surface area contributed by atoms with E-state index in [0.29, 0.717) is 11.3 Å². The van der Waals surface area contributed by atoms with Gasteiger partial charge in [0.15, 0.2) is 5.76 Å². The molecule has 0 aliphatic carbocycles. The maximum absolute atomic E-state index is 14.1. The lowest BCUT2D eigenvalue weighted by molar-refractivity contribution is -0.137. The van der Waals surface area contributed by atoms with Gasteiger partial charge in [0.05, 0.1) is 23.7 Å². The van der Waals surface area contributed by atoms with Crippen molar-refractivity contribution in [2.24, 2.45) is 5.73 Å². The summed E-state index contributed by atoms with van der Waals surface area (Å²) in [4.78, 5) is -0.248. The van der Waals surface area contributed by atoms with E-state index in [9.17, 15) is 26.9 Å². The number of fused-ring (bicyclic) bond motifs is 2. The van der Waals surface area contributed by atoms with Crippen LogP contribution in [0.15, 0.2) is 95.2 Å². The largest absolute Gasteiger partial charge is 0.439 e. The Morgan fingerprint density at radius 2 is 1.61 bits per heavy atom. The van der Waals surface area contributed by atoms with Crippen molar-refractivity contribution in [3.63, 3.8) is 0 Å². The number of rotatable bonds is 3. The number of para-hydroxylation sites is 1. The lowest BCUT2D eigenvalue weighted by Gasteiger charge is -2.38. The van der Waals surface area contributed by atoms with E-state index in [1.807, 2.05) is 12.1 Å². The highest BCUT2D eigenvalue weighted by atomic mass is 32.2. The number of benzene rings is 3. The summed E-state index contributed by atoms with van der Waals surface area (Å²) < 4.78 is 74.7. The van der Waals surface area contributed by atoms with Crippen LogP contribution in [0.4, 0.5) is 18.9 Å². The summed E-state index contributed by atoms with van der Waals surface area (Å²) in [6.07, 6.45) is -4.58. The first-order valence-electron chi connectivity index (χ1n) is 10.8. The molecule has 10 heteroatoms. The summed E-state index contributed by atoms with van der Waals surface area (Å²) in [5, 5.41) is 9.85. The van der Waals surface area contributed by atoms with E-state index in [-0.39, 0.29) is 34.2 Å². The monoisotopic (exact) mass is 509 g/mol. The molecule has 0 aromatic heterocycles. The predicted molar refractivity (Wildman–Crippen MR) is 127 cm³/mol. The number of nitrogens with two attached hydrogens (primary N) is 1.